The van der Waals surface area contributed by atoms with E-state index in [0.29, 0.717) is 18.2 Å². The van der Waals surface area contributed by atoms with Gasteiger partial charge in [0.1, 0.15) is 0 Å². The van der Waals surface area contributed by atoms with Crippen LogP contribution < -0.4 is 0 Å². The highest BCUT2D eigenvalue weighted by Gasteiger charge is 2.30. The first-order valence-electron chi connectivity index (χ1n) is 8.28. The van der Waals surface area contributed by atoms with Crippen molar-refractivity contribution in [1.82, 2.24) is 14.8 Å². The first-order valence-corrected chi connectivity index (χ1v) is 8.28. The number of pyridine rings is 1. The van der Waals surface area contributed by atoms with Crippen LogP contribution in [0.4, 0.5) is 8.78 Å². The van der Waals surface area contributed by atoms with Gasteiger partial charge in [0, 0.05) is 25.5 Å². The predicted octanol–water partition coefficient (Wildman–Crippen LogP) is 3.00. The van der Waals surface area contributed by atoms with Crippen molar-refractivity contribution in [3.05, 3.63) is 65.5 Å². The van der Waals surface area contributed by atoms with E-state index in [1.165, 1.54) is 6.07 Å². The summed E-state index contributed by atoms with van der Waals surface area (Å²) in [6.07, 6.45) is 5.50. The number of halogens is 2. The second kappa shape index (κ2) is 7.27. The number of amides is 1. The highest BCUT2D eigenvalue weighted by Crippen LogP contribution is 2.29. The molecular formula is C19H21F2N3O. The fourth-order valence-corrected chi connectivity index (χ4v) is 2.97. The van der Waals surface area contributed by atoms with E-state index in [1.807, 2.05) is 18.0 Å². The largest absolute Gasteiger partial charge is 0.333 e. The van der Waals surface area contributed by atoms with Crippen LogP contribution in [0.15, 0.2) is 42.7 Å². The molecule has 1 amide bonds. The third-order valence-electron chi connectivity index (χ3n) is 4.60. The van der Waals surface area contributed by atoms with Crippen LogP contribution in [-0.2, 0) is 4.79 Å². The van der Waals surface area contributed by atoms with Crippen LogP contribution in [0, 0.1) is 11.6 Å². The Morgan fingerprint density at radius 2 is 1.96 bits per heavy atom. The molecule has 1 heterocycles. The van der Waals surface area contributed by atoms with Crippen molar-refractivity contribution in [1.29, 1.82) is 0 Å². The number of nitrogens with zero attached hydrogens (tertiary/aromatic N) is 3. The molecule has 0 bridgehead atoms. The number of benzene rings is 1. The molecule has 1 aromatic carbocycles. The van der Waals surface area contributed by atoms with E-state index >= 15 is 0 Å². The highest BCUT2D eigenvalue weighted by atomic mass is 19.2. The molecule has 1 saturated carbocycles. The molecule has 0 spiro atoms. The van der Waals surface area contributed by atoms with Crippen molar-refractivity contribution < 1.29 is 13.6 Å². The zero-order chi connectivity index (χ0) is 18.0. The van der Waals surface area contributed by atoms with Gasteiger partial charge in [-0.1, -0.05) is 12.1 Å². The summed E-state index contributed by atoms with van der Waals surface area (Å²) in [5.74, 6) is -1.91. The van der Waals surface area contributed by atoms with Gasteiger partial charge in [-0.3, -0.25) is 14.7 Å². The van der Waals surface area contributed by atoms with E-state index < -0.39 is 17.7 Å². The second-order valence-electron chi connectivity index (χ2n) is 6.51. The van der Waals surface area contributed by atoms with Gasteiger partial charge in [0.2, 0.25) is 5.91 Å². The molecule has 1 aliphatic carbocycles. The van der Waals surface area contributed by atoms with Crippen LogP contribution in [0.25, 0.3) is 0 Å². The minimum Gasteiger partial charge on any atom is -0.333 e. The highest BCUT2D eigenvalue weighted by molar-refractivity contribution is 5.79. The first-order chi connectivity index (χ1) is 12.0. The van der Waals surface area contributed by atoms with Crippen LogP contribution >= 0.6 is 0 Å². The Bertz CT molecular complexity index is 750. The van der Waals surface area contributed by atoms with E-state index in [1.54, 1.807) is 30.4 Å². The Balaban J connectivity index is 1.90. The summed E-state index contributed by atoms with van der Waals surface area (Å²) in [6.45, 7) is 0.293. The minimum absolute atomic E-state index is 0.0759. The molecule has 1 fully saturated rings. The van der Waals surface area contributed by atoms with Gasteiger partial charge in [-0.25, -0.2) is 8.78 Å². The van der Waals surface area contributed by atoms with E-state index in [2.05, 4.69) is 4.98 Å². The maximum Gasteiger partial charge on any atom is 0.237 e. The molecule has 0 N–H and O–H groups in total. The van der Waals surface area contributed by atoms with Crippen molar-refractivity contribution in [2.24, 2.45) is 0 Å². The van der Waals surface area contributed by atoms with Crippen LogP contribution in [0.5, 0.6) is 0 Å². The molecule has 1 aliphatic rings. The SMILES string of the molecule is CN(CC(=O)N(C)[C@H](c1cccnc1)c1ccc(F)c(F)c1)C1CC1. The summed E-state index contributed by atoms with van der Waals surface area (Å²) >= 11 is 0. The van der Waals surface area contributed by atoms with Crippen molar-refractivity contribution in [2.45, 2.75) is 24.9 Å². The predicted molar refractivity (Wildman–Crippen MR) is 90.9 cm³/mol. The van der Waals surface area contributed by atoms with Crippen LogP contribution in [0.3, 0.4) is 0 Å². The number of likely N-dealkylation sites (N-methyl/N-ethyl adjacent to an activating group) is 2. The Kier molecular flexibility index (Phi) is 5.08. The average Bonchev–Trinajstić information content (AvgIpc) is 3.44. The van der Waals surface area contributed by atoms with Crippen molar-refractivity contribution in [2.75, 3.05) is 20.6 Å². The molecule has 3 rings (SSSR count). The molecule has 2 aromatic rings. The smallest absolute Gasteiger partial charge is 0.237 e. The first kappa shape index (κ1) is 17.5. The van der Waals surface area contributed by atoms with Gasteiger partial charge in [-0.05, 0) is 49.2 Å². The minimum atomic E-state index is -0.928. The number of carbonyl (C=O) groups excluding carboxylic acids is 1. The van der Waals surface area contributed by atoms with Gasteiger partial charge in [0.05, 0.1) is 12.6 Å². The number of aromatic nitrogens is 1. The lowest BCUT2D eigenvalue weighted by atomic mass is 9.98. The van der Waals surface area contributed by atoms with Gasteiger partial charge in [-0.2, -0.15) is 0 Å². The van der Waals surface area contributed by atoms with E-state index in [0.717, 1.165) is 30.5 Å². The lowest BCUT2D eigenvalue weighted by Crippen LogP contribution is -2.40. The normalized spacial score (nSPS) is 15.2. The van der Waals surface area contributed by atoms with Crippen molar-refractivity contribution in [3.8, 4) is 0 Å². The summed E-state index contributed by atoms with van der Waals surface area (Å²) in [5.41, 5.74) is 1.26. The molecule has 6 heteroatoms. The molecule has 0 unspecified atom stereocenters. The number of hydrogen-bond acceptors (Lipinski definition) is 3. The van der Waals surface area contributed by atoms with E-state index in [9.17, 15) is 13.6 Å². The average molecular weight is 345 g/mol. The number of hydrogen-bond donors (Lipinski definition) is 0. The molecule has 1 atom stereocenters. The Morgan fingerprint density at radius 3 is 2.56 bits per heavy atom. The fraction of sp³-hybridized carbons (Fsp3) is 0.368. The van der Waals surface area contributed by atoms with Crippen LogP contribution in [0.1, 0.15) is 30.0 Å². The molecule has 132 valence electrons. The molecular weight excluding hydrogens is 324 g/mol. The van der Waals surface area contributed by atoms with Crippen molar-refractivity contribution >= 4 is 5.91 Å². The Labute approximate surface area is 146 Å². The summed E-state index contributed by atoms with van der Waals surface area (Å²) in [6, 6.07) is 7.26. The third kappa shape index (κ3) is 4.02. The van der Waals surface area contributed by atoms with E-state index in [4.69, 9.17) is 0 Å². The molecule has 0 aliphatic heterocycles. The monoisotopic (exact) mass is 345 g/mol. The Morgan fingerprint density at radius 1 is 1.20 bits per heavy atom. The maximum atomic E-state index is 13.7. The quantitative estimate of drug-likeness (QED) is 0.808. The topological polar surface area (TPSA) is 36.4 Å². The van der Waals surface area contributed by atoms with Gasteiger partial charge in [-0.15, -0.1) is 0 Å². The van der Waals surface area contributed by atoms with Gasteiger partial charge in [0.15, 0.2) is 11.6 Å². The fourth-order valence-electron chi connectivity index (χ4n) is 2.97. The summed E-state index contributed by atoms with van der Waals surface area (Å²) in [7, 11) is 3.61. The zero-order valence-electron chi connectivity index (χ0n) is 14.3. The van der Waals surface area contributed by atoms with Crippen LogP contribution in [0.2, 0.25) is 0 Å². The lowest BCUT2D eigenvalue weighted by Gasteiger charge is -2.30. The standard InChI is InChI=1S/C19H21F2N3O/c1-23(15-6-7-15)12-18(25)24(2)19(14-4-3-9-22-11-14)13-5-8-16(20)17(21)10-13/h3-5,8-11,15,19H,6-7,12H2,1-2H3/t19-/m0/s1. The summed E-state index contributed by atoms with van der Waals surface area (Å²) < 4.78 is 27.1. The van der Waals surface area contributed by atoms with Gasteiger partial charge in [0.25, 0.3) is 0 Å². The van der Waals surface area contributed by atoms with Crippen molar-refractivity contribution in [3.63, 3.8) is 0 Å². The number of carbonyl (C=O) groups is 1. The van der Waals surface area contributed by atoms with Gasteiger partial charge >= 0.3 is 0 Å². The van der Waals surface area contributed by atoms with Crippen LogP contribution in [-0.4, -0.2) is 47.4 Å². The molecule has 4 nitrogen and oxygen atoms in total. The molecule has 25 heavy (non-hydrogen) atoms. The molecule has 0 radical (unpaired) electrons. The third-order valence-corrected chi connectivity index (χ3v) is 4.60. The zero-order valence-corrected chi connectivity index (χ0v) is 14.3. The second-order valence-corrected chi connectivity index (χ2v) is 6.51. The lowest BCUT2D eigenvalue weighted by molar-refractivity contribution is -0.132. The van der Waals surface area contributed by atoms with Gasteiger partial charge < -0.3 is 4.90 Å². The molecule has 0 saturated heterocycles. The number of rotatable bonds is 6. The summed E-state index contributed by atoms with van der Waals surface area (Å²) in [5, 5.41) is 0. The Hall–Kier alpha value is -2.34. The summed E-state index contributed by atoms with van der Waals surface area (Å²) in [4.78, 5) is 20.4. The van der Waals surface area contributed by atoms with E-state index in [-0.39, 0.29) is 5.91 Å². The maximum absolute atomic E-state index is 13.7. The molecule has 1 aromatic heterocycles.